The summed E-state index contributed by atoms with van der Waals surface area (Å²) in [5.41, 5.74) is 3.28. The van der Waals surface area contributed by atoms with Crippen molar-refractivity contribution in [2.24, 2.45) is 0 Å². The van der Waals surface area contributed by atoms with Crippen LogP contribution in [0.2, 0.25) is 0 Å². The number of hydrogen-bond donors (Lipinski definition) is 2. The molecule has 3 aromatic rings. The van der Waals surface area contributed by atoms with Crippen LogP contribution < -0.4 is 10.6 Å². The molecule has 2 N–H and O–H groups in total. The Hall–Kier alpha value is -3.36. The maximum Gasteiger partial charge on any atom is 0.238 e. The second kappa shape index (κ2) is 9.63. The van der Waals surface area contributed by atoms with E-state index in [1.165, 1.54) is 12.1 Å². The van der Waals surface area contributed by atoms with Crippen molar-refractivity contribution in [1.82, 2.24) is 14.9 Å². The van der Waals surface area contributed by atoms with Gasteiger partial charge in [-0.1, -0.05) is 6.07 Å². The predicted molar refractivity (Wildman–Crippen MR) is 117 cm³/mol. The SMILES string of the molecule is Cc1cccnc1Nc1ccc([C@H]2CN(CC(=O)Nc3ccc(F)cc3)CCO2)nc1. The minimum absolute atomic E-state index is 0.148. The Balaban J connectivity index is 1.33. The van der Waals surface area contributed by atoms with Gasteiger partial charge in [0, 0.05) is 25.0 Å². The number of ether oxygens (including phenoxy) is 1. The van der Waals surface area contributed by atoms with Gasteiger partial charge in [0.15, 0.2) is 0 Å². The monoisotopic (exact) mass is 421 g/mol. The molecule has 160 valence electrons. The summed E-state index contributed by atoms with van der Waals surface area (Å²) in [6.45, 7) is 3.97. The summed E-state index contributed by atoms with van der Waals surface area (Å²) in [6.07, 6.45) is 3.29. The highest BCUT2D eigenvalue weighted by molar-refractivity contribution is 5.92. The maximum absolute atomic E-state index is 13.0. The number of rotatable bonds is 6. The van der Waals surface area contributed by atoms with E-state index in [0.717, 1.165) is 22.8 Å². The number of hydrogen-bond acceptors (Lipinski definition) is 6. The molecular weight excluding hydrogens is 397 g/mol. The van der Waals surface area contributed by atoms with Crippen LogP contribution in [-0.2, 0) is 9.53 Å². The molecule has 1 fully saturated rings. The average molecular weight is 421 g/mol. The zero-order valence-electron chi connectivity index (χ0n) is 17.2. The molecule has 1 atom stereocenters. The molecular formula is C23H24FN5O2. The van der Waals surface area contributed by atoms with Crippen molar-refractivity contribution >= 4 is 23.1 Å². The van der Waals surface area contributed by atoms with Crippen LogP contribution in [0.15, 0.2) is 60.9 Å². The lowest BCUT2D eigenvalue weighted by Crippen LogP contribution is -2.42. The fourth-order valence-electron chi connectivity index (χ4n) is 3.38. The number of aryl methyl sites for hydroxylation is 1. The molecule has 0 radical (unpaired) electrons. The largest absolute Gasteiger partial charge is 0.369 e. The minimum Gasteiger partial charge on any atom is -0.369 e. The van der Waals surface area contributed by atoms with E-state index in [2.05, 4.69) is 20.6 Å². The van der Waals surface area contributed by atoms with Crippen molar-refractivity contribution in [2.45, 2.75) is 13.0 Å². The van der Waals surface area contributed by atoms with Crippen molar-refractivity contribution in [1.29, 1.82) is 0 Å². The number of benzene rings is 1. The van der Waals surface area contributed by atoms with Gasteiger partial charge in [-0.3, -0.25) is 14.7 Å². The Morgan fingerprint density at radius 1 is 1.16 bits per heavy atom. The summed E-state index contributed by atoms with van der Waals surface area (Å²) >= 11 is 0. The Morgan fingerprint density at radius 3 is 2.71 bits per heavy atom. The van der Waals surface area contributed by atoms with Gasteiger partial charge >= 0.3 is 0 Å². The molecule has 4 rings (SSSR count). The van der Waals surface area contributed by atoms with Crippen molar-refractivity contribution in [3.8, 4) is 0 Å². The quantitative estimate of drug-likeness (QED) is 0.632. The molecule has 0 unspecified atom stereocenters. The van der Waals surface area contributed by atoms with Crippen LogP contribution in [-0.4, -0.2) is 47.0 Å². The van der Waals surface area contributed by atoms with Crippen LogP contribution in [0.3, 0.4) is 0 Å². The number of nitrogens with one attached hydrogen (secondary N) is 2. The molecule has 2 aromatic heterocycles. The van der Waals surface area contributed by atoms with E-state index in [0.29, 0.717) is 25.4 Å². The van der Waals surface area contributed by atoms with Gasteiger partial charge in [-0.15, -0.1) is 0 Å². The van der Waals surface area contributed by atoms with E-state index in [9.17, 15) is 9.18 Å². The third kappa shape index (κ3) is 5.62. The van der Waals surface area contributed by atoms with Crippen molar-refractivity contribution in [3.05, 3.63) is 78.0 Å². The summed E-state index contributed by atoms with van der Waals surface area (Å²) in [5.74, 6) is 0.313. The fourth-order valence-corrected chi connectivity index (χ4v) is 3.38. The summed E-state index contributed by atoms with van der Waals surface area (Å²) in [4.78, 5) is 23.2. The van der Waals surface area contributed by atoms with Gasteiger partial charge in [0.05, 0.1) is 30.7 Å². The second-order valence-corrected chi connectivity index (χ2v) is 7.42. The van der Waals surface area contributed by atoms with Crippen LogP contribution in [0, 0.1) is 12.7 Å². The molecule has 1 aliphatic rings. The van der Waals surface area contributed by atoms with Gasteiger partial charge in [0.2, 0.25) is 5.91 Å². The van der Waals surface area contributed by atoms with Crippen molar-refractivity contribution in [2.75, 3.05) is 36.9 Å². The number of carbonyl (C=O) groups excluding carboxylic acids is 1. The standard InChI is InChI=1S/C23H24FN5O2/c1-16-3-2-10-25-23(16)28-19-8-9-20(26-13-19)21-14-29(11-12-31-21)15-22(30)27-18-6-4-17(24)5-7-18/h2-10,13,21H,11-12,14-15H2,1H3,(H,25,28)(H,27,30)/t21-/m1/s1. The van der Waals surface area contributed by atoms with Gasteiger partial charge in [-0.05, 0) is 55.0 Å². The smallest absolute Gasteiger partial charge is 0.238 e. The Bertz CT molecular complexity index is 1030. The number of carbonyl (C=O) groups is 1. The molecule has 8 heteroatoms. The van der Waals surface area contributed by atoms with E-state index in [1.807, 2.05) is 36.1 Å². The summed E-state index contributed by atoms with van der Waals surface area (Å²) < 4.78 is 18.9. The maximum atomic E-state index is 13.0. The van der Waals surface area contributed by atoms with E-state index >= 15 is 0 Å². The number of morpholine rings is 1. The van der Waals surface area contributed by atoms with E-state index in [1.54, 1.807) is 24.5 Å². The molecule has 3 heterocycles. The summed E-state index contributed by atoms with van der Waals surface area (Å²) in [7, 11) is 0. The average Bonchev–Trinajstić information content (AvgIpc) is 2.78. The molecule has 31 heavy (non-hydrogen) atoms. The molecule has 0 spiro atoms. The number of amides is 1. The van der Waals surface area contributed by atoms with Crippen LogP contribution >= 0.6 is 0 Å². The minimum atomic E-state index is -0.335. The summed E-state index contributed by atoms with van der Waals surface area (Å²) in [6, 6.07) is 13.5. The molecule has 0 saturated carbocycles. The van der Waals surface area contributed by atoms with Crippen LogP contribution in [0.5, 0.6) is 0 Å². The molecule has 1 saturated heterocycles. The molecule has 1 amide bonds. The van der Waals surface area contributed by atoms with Crippen LogP contribution in [0.1, 0.15) is 17.4 Å². The second-order valence-electron chi connectivity index (χ2n) is 7.42. The number of aromatic nitrogens is 2. The Kier molecular flexibility index (Phi) is 6.49. The summed E-state index contributed by atoms with van der Waals surface area (Å²) in [5, 5.41) is 6.05. The van der Waals surface area contributed by atoms with Crippen LogP contribution in [0.4, 0.5) is 21.6 Å². The normalized spacial score (nSPS) is 16.6. The number of anilines is 3. The predicted octanol–water partition coefficient (Wildman–Crippen LogP) is 3.68. The highest BCUT2D eigenvalue weighted by Gasteiger charge is 2.24. The first-order chi connectivity index (χ1) is 15.1. The van der Waals surface area contributed by atoms with E-state index in [4.69, 9.17) is 4.74 Å². The molecule has 0 bridgehead atoms. The van der Waals surface area contributed by atoms with Gasteiger partial charge < -0.3 is 15.4 Å². The van der Waals surface area contributed by atoms with Gasteiger partial charge in [-0.25, -0.2) is 9.37 Å². The third-order valence-electron chi connectivity index (χ3n) is 5.03. The fraction of sp³-hybridized carbons (Fsp3) is 0.261. The first-order valence-electron chi connectivity index (χ1n) is 10.1. The van der Waals surface area contributed by atoms with Gasteiger partial charge in [-0.2, -0.15) is 0 Å². The number of nitrogens with zero attached hydrogens (tertiary/aromatic N) is 3. The lowest BCUT2D eigenvalue weighted by molar-refractivity contribution is -0.119. The molecule has 1 aliphatic heterocycles. The van der Waals surface area contributed by atoms with Crippen molar-refractivity contribution < 1.29 is 13.9 Å². The first kappa shape index (κ1) is 20.9. The first-order valence-corrected chi connectivity index (χ1v) is 10.1. The lowest BCUT2D eigenvalue weighted by atomic mass is 10.1. The van der Waals surface area contributed by atoms with Gasteiger partial charge in [0.1, 0.15) is 17.7 Å². The van der Waals surface area contributed by atoms with Crippen molar-refractivity contribution in [3.63, 3.8) is 0 Å². The zero-order chi connectivity index (χ0) is 21.6. The van der Waals surface area contributed by atoms with Crippen LogP contribution in [0.25, 0.3) is 0 Å². The van der Waals surface area contributed by atoms with E-state index < -0.39 is 0 Å². The number of pyridine rings is 2. The Morgan fingerprint density at radius 2 is 1.97 bits per heavy atom. The highest BCUT2D eigenvalue weighted by Crippen LogP contribution is 2.23. The molecule has 1 aromatic carbocycles. The molecule has 7 nitrogen and oxygen atoms in total. The molecule has 0 aliphatic carbocycles. The van der Waals surface area contributed by atoms with Gasteiger partial charge in [0.25, 0.3) is 0 Å². The third-order valence-corrected chi connectivity index (χ3v) is 5.03. The Labute approximate surface area is 180 Å². The number of halogens is 1. The van der Waals surface area contributed by atoms with E-state index in [-0.39, 0.29) is 24.4 Å². The topological polar surface area (TPSA) is 79.4 Å². The highest BCUT2D eigenvalue weighted by atomic mass is 19.1. The zero-order valence-corrected chi connectivity index (χ0v) is 17.2. The lowest BCUT2D eigenvalue weighted by Gasteiger charge is -2.32.